The topological polar surface area (TPSA) is 41.6 Å². The molecule has 0 bridgehead atoms. The molecule has 1 saturated carbocycles. The molecule has 132 valence electrons. The highest BCUT2D eigenvalue weighted by Crippen LogP contribution is 2.28. The van der Waals surface area contributed by atoms with E-state index < -0.39 is 0 Å². The third-order valence-electron chi connectivity index (χ3n) is 4.41. The van der Waals surface area contributed by atoms with E-state index in [1.807, 2.05) is 30.3 Å². The third kappa shape index (κ3) is 4.79. The van der Waals surface area contributed by atoms with E-state index in [2.05, 4.69) is 10.2 Å². The SMILES string of the molecule is COc1ccccc1CNC(=O)CN(Cc1ccccc1F)C1CC1. The minimum absolute atomic E-state index is 0.0610. The minimum Gasteiger partial charge on any atom is -0.496 e. The number of carbonyl (C=O) groups excluding carboxylic acids is 1. The lowest BCUT2D eigenvalue weighted by Crippen LogP contribution is -2.38. The average molecular weight is 342 g/mol. The van der Waals surface area contributed by atoms with Gasteiger partial charge in [-0.2, -0.15) is 0 Å². The monoisotopic (exact) mass is 342 g/mol. The fraction of sp³-hybridized carbons (Fsp3) is 0.350. The number of benzene rings is 2. The first-order valence-corrected chi connectivity index (χ1v) is 8.53. The number of nitrogens with zero attached hydrogens (tertiary/aromatic N) is 1. The average Bonchev–Trinajstić information content (AvgIpc) is 3.46. The summed E-state index contributed by atoms with van der Waals surface area (Å²) in [5, 5.41) is 2.93. The molecule has 0 atom stereocenters. The summed E-state index contributed by atoms with van der Waals surface area (Å²) in [6, 6.07) is 14.7. The van der Waals surface area contributed by atoms with E-state index in [9.17, 15) is 9.18 Å². The molecule has 4 nitrogen and oxygen atoms in total. The van der Waals surface area contributed by atoms with Gasteiger partial charge >= 0.3 is 0 Å². The second-order valence-corrected chi connectivity index (χ2v) is 6.32. The van der Waals surface area contributed by atoms with Crippen molar-refractivity contribution in [1.82, 2.24) is 10.2 Å². The van der Waals surface area contributed by atoms with Gasteiger partial charge in [-0.05, 0) is 25.0 Å². The fourth-order valence-electron chi connectivity index (χ4n) is 2.88. The lowest BCUT2D eigenvalue weighted by atomic mass is 10.2. The highest BCUT2D eigenvalue weighted by atomic mass is 19.1. The number of hydrogen-bond acceptors (Lipinski definition) is 3. The highest BCUT2D eigenvalue weighted by Gasteiger charge is 2.30. The van der Waals surface area contributed by atoms with Crippen LogP contribution in [0.15, 0.2) is 48.5 Å². The van der Waals surface area contributed by atoms with Gasteiger partial charge < -0.3 is 10.1 Å². The van der Waals surface area contributed by atoms with Gasteiger partial charge in [0.2, 0.25) is 5.91 Å². The van der Waals surface area contributed by atoms with Gasteiger partial charge in [0, 0.05) is 30.3 Å². The van der Waals surface area contributed by atoms with Gasteiger partial charge in [0.25, 0.3) is 0 Å². The van der Waals surface area contributed by atoms with Crippen molar-refractivity contribution in [2.75, 3.05) is 13.7 Å². The summed E-state index contributed by atoms with van der Waals surface area (Å²) in [6.07, 6.45) is 2.13. The summed E-state index contributed by atoms with van der Waals surface area (Å²) in [4.78, 5) is 14.4. The number of rotatable bonds is 8. The zero-order chi connectivity index (χ0) is 17.6. The summed E-state index contributed by atoms with van der Waals surface area (Å²) >= 11 is 0. The van der Waals surface area contributed by atoms with Gasteiger partial charge in [0.15, 0.2) is 0 Å². The Kier molecular flexibility index (Phi) is 5.66. The first-order valence-electron chi connectivity index (χ1n) is 8.53. The van der Waals surface area contributed by atoms with Crippen LogP contribution in [0, 0.1) is 5.82 Å². The molecule has 1 aliphatic carbocycles. The van der Waals surface area contributed by atoms with Crippen LogP contribution in [-0.4, -0.2) is 30.5 Å². The van der Waals surface area contributed by atoms with Gasteiger partial charge in [0.05, 0.1) is 13.7 Å². The van der Waals surface area contributed by atoms with E-state index in [-0.39, 0.29) is 18.3 Å². The molecular weight excluding hydrogens is 319 g/mol. The molecule has 25 heavy (non-hydrogen) atoms. The lowest BCUT2D eigenvalue weighted by molar-refractivity contribution is -0.122. The Morgan fingerprint density at radius 1 is 1.16 bits per heavy atom. The summed E-state index contributed by atoms with van der Waals surface area (Å²) in [5.74, 6) is 0.477. The molecule has 0 heterocycles. The van der Waals surface area contributed by atoms with Crippen LogP contribution in [-0.2, 0) is 17.9 Å². The molecule has 5 heteroatoms. The van der Waals surface area contributed by atoms with Crippen LogP contribution in [0.5, 0.6) is 5.75 Å². The maximum Gasteiger partial charge on any atom is 0.234 e. The number of para-hydroxylation sites is 1. The van der Waals surface area contributed by atoms with Crippen molar-refractivity contribution >= 4 is 5.91 Å². The Labute approximate surface area is 147 Å². The predicted octanol–water partition coefficient (Wildman–Crippen LogP) is 3.12. The second-order valence-electron chi connectivity index (χ2n) is 6.32. The molecule has 0 saturated heterocycles. The van der Waals surface area contributed by atoms with E-state index in [0.29, 0.717) is 24.7 Å². The molecule has 3 rings (SSSR count). The molecule has 2 aromatic rings. The largest absolute Gasteiger partial charge is 0.496 e. The summed E-state index contributed by atoms with van der Waals surface area (Å²) in [7, 11) is 1.61. The maximum absolute atomic E-state index is 13.9. The molecule has 0 spiro atoms. The zero-order valence-electron chi connectivity index (χ0n) is 14.4. The van der Waals surface area contributed by atoms with Crippen molar-refractivity contribution in [3.05, 3.63) is 65.5 Å². The molecule has 0 unspecified atom stereocenters. The van der Waals surface area contributed by atoms with Crippen LogP contribution in [0.1, 0.15) is 24.0 Å². The lowest BCUT2D eigenvalue weighted by Gasteiger charge is -2.22. The normalized spacial score (nSPS) is 13.7. The van der Waals surface area contributed by atoms with Crippen molar-refractivity contribution < 1.29 is 13.9 Å². The second kappa shape index (κ2) is 8.12. The van der Waals surface area contributed by atoms with Crippen LogP contribution in [0.2, 0.25) is 0 Å². The quantitative estimate of drug-likeness (QED) is 0.801. The molecule has 0 aromatic heterocycles. The van der Waals surface area contributed by atoms with Crippen LogP contribution in [0.4, 0.5) is 4.39 Å². The number of nitrogens with one attached hydrogen (secondary N) is 1. The predicted molar refractivity (Wildman–Crippen MR) is 94.7 cm³/mol. The smallest absolute Gasteiger partial charge is 0.234 e. The van der Waals surface area contributed by atoms with Crippen LogP contribution < -0.4 is 10.1 Å². The Morgan fingerprint density at radius 2 is 1.84 bits per heavy atom. The van der Waals surface area contributed by atoms with Gasteiger partial charge in [-0.3, -0.25) is 9.69 Å². The maximum atomic E-state index is 13.9. The Hall–Kier alpha value is -2.40. The molecule has 2 aromatic carbocycles. The number of amides is 1. The summed E-state index contributed by atoms with van der Waals surface area (Å²) in [5.41, 5.74) is 1.57. The van der Waals surface area contributed by atoms with Gasteiger partial charge in [-0.1, -0.05) is 36.4 Å². The number of ether oxygens (including phenoxy) is 1. The van der Waals surface area contributed by atoms with Crippen LogP contribution in [0.3, 0.4) is 0 Å². The van der Waals surface area contributed by atoms with E-state index >= 15 is 0 Å². The van der Waals surface area contributed by atoms with E-state index in [0.717, 1.165) is 24.2 Å². The molecular formula is C20H23FN2O2. The number of methoxy groups -OCH3 is 1. The molecule has 0 radical (unpaired) electrons. The summed E-state index contributed by atoms with van der Waals surface area (Å²) in [6.45, 7) is 1.15. The molecule has 1 N–H and O–H groups in total. The molecule has 1 fully saturated rings. The van der Waals surface area contributed by atoms with Gasteiger partial charge in [0.1, 0.15) is 11.6 Å². The number of hydrogen-bond donors (Lipinski definition) is 1. The van der Waals surface area contributed by atoms with E-state index in [1.54, 1.807) is 19.2 Å². The highest BCUT2D eigenvalue weighted by molar-refractivity contribution is 5.78. The number of halogens is 1. The van der Waals surface area contributed by atoms with Gasteiger partial charge in [-0.25, -0.2) is 4.39 Å². The van der Waals surface area contributed by atoms with Gasteiger partial charge in [-0.15, -0.1) is 0 Å². The first kappa shape index (κ1) is 17.4. The van der Waals surface area contributed by atoms with Crippen molar-refractivity contribution in [3.8, 4) is 5.75 Å². The number of carbonyl (C=O) groups is 1. The van der Waals surface area contributed by atoms with Crippen molar-refractivity contribution in [2.24, 2.45) is 0 Å². The Bertz CT molecular complexity index is 731. The molecule has 1 aliphatic rings. The van der Waals surface area contributed by atoms with Crippen LogP contribution >= 0.6 is 0 Å². The third-order valence-corrected chi connectivity index (χ3v) is 4.41. The minimum atomic E-state index is -0.220. The van der Waals surface area contributed by atoms with Crippen molar-refractivity contribution in [3.63, 3.8) is 0 Å². The molecule has 1 amide bonds. The van der Waals surface area contributed by atoms with E-state index in [1.165, 1.54) is 6.07 Å². The van der Waals surface area contributed by atoms with Crippen molar-refractivity contribution in [2.45, 2.75) is 32.0 Å². The first-order chi connectivity index (χ1) is 12.2. The molecule has 0 aliphatic heterocycles. The standard InChI is InChI=1S/C20H23FN2O2/c1-25-19-9-5-3-6-15(19)12-22-20(24)14-23(17-10-11-17)13-16-7-2-4-8-18(16)21/h2-9,17H,10-14H2,1H3,(H,22,24). The summed E-state index contributed by atoms with van der Waals surface area (Å²) < 4.78 is 19.2. The fourth-order valence-corrected chi connectivity index (χ4v) is 2.88. The Balaban J connectivity index is 1.57. The Morgan fingerprint density at radius 3 is 2.52 bits per heavy atom. The van der Waals surface area contributed by atoms with Crippen molar-refractivity contribution in [1.29, 1.82) is 0 Å². The van der Waals surface area contributed by atoms with Crippen LogP contribution in [0.25, 0.3) is 0 Å². The van der Waals surface area contributed by atoms with E-state index in [4.69, 9.17) is 4.74 Å². The zero-order valence-corrected chi connectivity index (χ0v) is 14.4.